The molecule has 224 valence electrons. The van der Waals surface area contributed by atoms with E-state index in [2.05, 4.69) is 20.5 Å². The molecule has 0 unspecified atom stereocenters. The Morgan fingerprint density at radius 1 is 1.08 bits per heavy atom. The first kappa shape index (κ1) is 35.9. The second-order valence-electron chi connectivity index (χ2n) is 11.6. The average Bonchev–Trinajstić information content (AvgIpc) is 3.32. The number of aliphatic hydroxyl groups excluding tert-OH is 1. The van der Waals surface area contributed by atoms with E-state index in [0.29, 0.717) is 31.1 Å². The van der Waals surface area contributed by atoms with Crippen LogP contribution in [0.25, 0.3) is 0 Å². The van der Waals surface area contributed by atoms with Gasteiger partial charge in [-0.3, -0.25) is 15.0 Å². The van der Waals surface area contributed by atoms with Crippen LogP contribution < -0.4 is 10.7 Å². The lowest BCUT2D eigenvalue weighted by Crippen LogP contribution is -2.56. The average molecular weight is 609 g/mol. The summed E-state index contributed by atoms with van der Waals surface area (Å²) in [4.78, 5) is 31.1. The van der Waals surface area contributed by atoms with Gasteiger partial charge in [-0.05, 0) is 71.3 Å². The van der Waals surface area contributed by atoms with Gasteiger partial charge in [-0.15, -0.1) is 24.8 Å². The lowest BCUT2D eigenvalue weighted by atomic mass is 9.87. The number of aliphatic hydroxyl groups is 1. The van der Waals surface area contributed by atoms with Crippen molar-refractivity contribution >= 4 is 48.2 Å². The number of amides is 2. The van der Waals surface area contributed by atoms with Crippen LogP contribution in [0.3, 0.4) is 0 Å². The third-order valence-electron chi connectivity index (χ3n) is 7.62. The summed E-state index contributed by atoms with van der Waals surface area (Å²) in [5.41, 5.74) is 3.36. The number of halogens is 3. The SMILES string of the molecule is CN(C)CCN[C@H](Cc1ccc(Cl)cc1)C(=O)NN1CC[C@H](N(C(=O)C(C)(C)CO)C2CCCCC2)C1.Cl.Cl. The standard InChI is InChI=1S/C28H46ClN5O3.2ClH/c1-28(2,20-35)27(37)34(23-8-6-5-7-9-23)24-14-16-33(19-24)31-26(36)25(30-15-17-32(3)4)18-21-10-12-22(29)13-11-21;;/h10-13,23-25,30,35H,5-9,14-20H2,1-4H3,(H,31,36);2*1H/t24-,25+;;/m0../s1. The molecule has 1 aliphatic carbocycles. The molecule has 2 amide bonds. The Morgan fingerprint density at radius 2 is 1.72 bits per heavy atom. The highest BCUT2D eigenvalue weighted by Crippen LogP contribution is 2.31. The van der Waals surface area contributed by atoms with Crippen molar-refractivity contribution in [1.29, 1.82) is 0 Å². The van der Waals surface area contributed by atoms with Crippen LogP contribution in [0, 0.1) is 5.41 Å². The predicted molar refractivity (Wildman–Crippen MR) is 163 cm³/mol. The summed E-state index contributed by atoms with van der Waals surface area (Å²) in [6, 6.07) is 7.46. The van der Waals surface area contributed by atoms with E-state index < -0.39 is 5.41 Å². The van der Waals surface area contributed by atoms with E-state index >= 15 is 0 Å². The lowest BCUT2D eigenvalue weighted by Gasteiger charge is -2.42. The molecule has 1 aromatic carbocycles. The van der Waals surface area contributed by atoms with Crippen molar-refractivity contribution < 1.29 is 14.7 Å². The van der Waals surface area contributed by atoms with Crippen molar-refractivity contribution in [3.63, 3.8) is 0 Å². The van der Waals surface area contributed by atoms with Crippen molar-refractivity contribution in [3.05, 3.63) is 34.9 Å². The molecule has 1 aliphatic heterocycles. The number of benzene rings is 1. The minimum atomic E-state index is -0.811. The van der Waals surface area contributed by atoms with Gasteiger partial charge in [-0.1, -0.05) is 43.0 Å². The molecule has 1 heterocycles. The second kappa shape index (κ2) is 17.0. The molecule has 2 atom stereocenters. The summed E-state index contributed by atoms with van der Waals surface area (Å²) in [5.74, 6) is -0.0494. The maximum absolute atomic E-state index is 13.6. The quantitative estimate of drug-likeness (QED) is 0.337. The minimum absolute atomic E-state index is 0. The molecular weight excluding hydrogens is 561 g/mol. The first-order valence-corrected chi connectivity index (χ1v) is 14.1. The van der Waals surface area contributed by atoms with Crippen LogP contribution in [0.15, 0.2) is 24.3 Å². The molecule has 39 heavy (non-hydrogen) atoms. The molecule has 1 aromatic rings. The molecule has 2 aliphatic rings. The maximum Gasteiger partial charge on any atom is 0.251 e. The first-order chi connectivity index (χ1) is 17.6. The van der Waals surface area contributed by atoms with E-state index in [1.807, 2.05) is 57.2 Å². The fourth-order valence-corrected chi connectivity index (χ4v) is 5.41. The van der Waals surface area contributed by atoms with Crippen LogP contribution in [-0.2, 0) is 16.0 Å². The Balaban J connectivity index is 0.00000380. The smallest absolute Gasteiger partial charge is 0.251 e. The monoisotopic (exact) mass is 607 g/mol. The van der Waals surface area contributed by atoms with Crippen molar-refractivity contribution in [2.24, 2.45) is 5.41 Å². The van der Waals surface area contributed by atoms with Gasteiger partial charge in [0.1, 0.15) is 0 Å². The van der Waals surface area contributed by atoms with Gasteiger partial charge in [-0.25, -0.2) is 5.01 Å². The zero-order valence-corrected chi connectivity index (χ0v) is 26.2. The molecule has 1 saturated heterocycles. The zero-order chi connectivity index (χ0) is 27.0. The van der Waals surface area contributed by atoms with Gasteiger partial charge in [0.15, 0.2) is 0 Å². The molecule has 2 fully saturated rings. The van der Waals surface area contributed by atoms with E-state index in [4.69, 9.17) is 11.6 Å². The van der Waals surface area contributed by atoms with Crippen molar-refractivity contribution in [3.8, 4) is 0 Å². The molecular formula is C28H48Cl3N5O3. The Labute approximate surface area is 252 Å². The highest BCUT2D eigenvalue weighted by atomic mass is 35.5. The van der Waals surface area contributed by atoms with Crippen LogP contribution >= 0.6 is 36.4 Å². The summed E-state index contributed by atoms with van der Waals surface area (Å²) in [7, 11) is 4.02. The molecule has 3 N–H and O–H groups in total. The number of nitrogens with zero attached hydrogens (tertiary/aromatic N) is 3. The number of likely N-dealkylation sites (N-methyl/N-ethyl adjacent to an activating group) is 1. The summed E-state index contributed by atoms with van der Waals surface area (Å²) in [6.07, 6.45) is 6.86. The summed E-state index contributed by atoms with van der Waals surface area (Å²) >= 11 is 6.05. The molecule has 0 spiro atoms. The van der Waals surface area contributed by atoms with Gasteiger partial charge < -0.3 is 20.2 Å². The summed E-state index contributed by atoms with van der Waals surface area (Å²) in [5, 5.41) is 15.9. The summed E-state index contributed by atoms with van der Waals surface area (Å²) in [6.45, 7) is 6.28. The highest BCUT2D eigenvalue weighted by Gasteiger charge is 2.41. The maximum atomic E-state index is 13.6. The van der Waals surface area contributed by atoms with Gasteiger partial charge >= 0.3 is 0 Å². The number of hydrogen-bond donors (Lipinski definition) is 3. The second-order valence-corrected chi connectivity index (χ2v) is 12.0. The normalized spacial score (nSPS) is 19.2. The van der Waals surface area contributed by atoms with Crippen LogP contribution in [0.4, 0.5) is 0 Å². The van der Waals surface area contributed by atoms with E-state index in [1.54, 1.807) is 0 Å². The van der Waals surface area contributed by atoms with Gasteiger partial charge in [0.05, 0.1) is 18.1 Å². The molecule has 0 bridgehead atoms. The van der Waals surface area contributed by atoms with Gasteiger partial charge in [0.25, 0.3) is 5.91 Å². The van der Waals surface area contributed by atoms with Crippen LogP contribution in [-0.4, -0.2) is 96.7 Å². The Bertz CT molecular complexity index is 882. The molecule has 1 saturated carbocycles. The Hall–Kier alpha value is -1.13. The fraction of sp³-hybridized carbons (Fsp3) is 0.714. The van der Waals surface area contributed by atoms with E-state index in [9.17, 15) is 14.7 Å². The largest absolute Gasteiger partial charge is 0.395 e. The number of carbonyl (C=O) groups is 2. The number of carbonyl (C=O) groups excluding carboxylic acids is 2. The molecule has 11 heteroatoms. The van der Waals surface area contributed by atoms with E-state index in [-0.39, 0.29) is 61.4 Å². The topological polar surface area (TPSA) is 88.2 Å². The van der Waals surface area contributed by atoms with Crippen LogP contribution in [0.1, 0.15) is 57.9 Å². The lowest BCUT2D eigenvalue weighted by molar-refractivity contribution is -0.148. The molecule has 3 rings (SSSR count). The number of nitrogens with one attached hydrogen (secondary N) is 2. The van der Waals surface area contributed by atoms with Crippen molar-refractivity contribution in [2.45, 2.75) is 76.9 Å². The van der Waals surface area contributed by atoms with Crippen molar-refractivity contribution in [1.82, 2.24) is 25.6 Å². The third kappa shape index (κ3) is 10.7. The fourth-order valence-electron chi connectivity index (χ4n) is 5.29. The molecule has 0 aromatic heterocycles. The molecule has 8 nitrogen and oxygen atoms in total. The van der Waals surface area contributed by atoms with Crippen LogP contribution in [0.2, 0.25) is 5.02 Å². The van der Waals surface area contributed by atoms with Gasteiger partial charge in [0, 0.05) is 43.3 Å². The van der Waals surface area contributed by atoms with E-state index in [1.165, 1.54) is 6.42 Å². The predicted octanol–water partition coefficient (Wildman–Crippen LogP) is 3.53. The summed E-state index contributed by atoms with van der Waals surface area (Å²) < 4.78 is 0. The molecule has 0 radical (unpaired) electrons. The first-order valence-electron chi connectivity index (χ1n) is 13.7. The van der Waals surface area contributed by atoms with Gasteiger partial charge in [-0.2, -0.15) is 0 Å². The zero-order valence-electron chi connectivity index (χ0n) is 23.8. The van der Waals surface area contributed by atoms with Gasteiger partial charge in [0.2, 0.25) is 5.91 Å². The van der Waals surface area contributed by atoms with E-state index in [0.717, 1.165) is 44.2 Å². The Morgan fingerprint density at radius 3 is 2.31 bits per heavy atom. The van der Waals surface area contributed by atoms with Crippen molar-refractivity contribution in [2.75, 3.05) is 46.9 Å². The third-order valence-corrected chi connectivity index (χ3v) is 7.87. The number of rotatable bonds is 12. The Kier molecular flexibility index (Phi) is 15.6. The van der Waals surface area contributed by atoms with Crippen LogP contribution in [0.5, 0.6) is 0 Å². The minimum Gasteiger partial charge on any atom is -0.395 e. The number of hydrogen-bond acceptors (Lipinski definition) is 6. The highest BCUT2D eigenvalue weighted by molar-refractivity contribution is 6.30. The number of hydrazine groups is 1.